The van der Waals surface area contributed by atoms with Crippen molar-refractivity contribution in [2.24, 2.45) is 0 Å². The summed E-state index contributed by atoms with van der Waals surface area (Å²) in [5, 5.41) is 8.86. The van der Waals surface area contributed by atoms with Gasteiger partial charge in [-0.05, 0) is 28.1 Å². The van der Waals surface area contributed by atoms with Crippen LogP contribution in [-0.2, 0) is 4.79 Å². The van der Waals surface area contributed by atoms with Crippen molar-refractivity contribution >= 4 is 27.8 Å². The molecule has 1 aromatic rings. The predicted molar refractivity (Wildman–Crippen MR) is 79.6 cm³/mol. The van der Waals surface area contributed by atoms with Gasteiger partial charge in [0.1, 0.15) is 18.0 Å². The van der Waals surface area contributed by atoms with E-state index < -0.39 is 18.4 Å². The van der Waals surface area contributed by atoms with Crippen molar-refractivity contribution in [2.75, 3.05) is 27.3 Å². The van der Waals surface area contributed by atoms with Crippen LogP contribution in [0.5, 0.6) is 11.5 Å². The van der Waals surface area contributed by atoms with Gasteiger partial charge in [-0.1, -0.05) is 5.92 Å². The first-order valence-corrected chi connectivity index (χ1v) is 6.60. The molecule has 0 aliphatic carbocycles. The molecule has 0 radical (unpaired) electrons. The van der Waals surface area contributed by atoms with Crippen LogP contribution < -0.4 is 9.47 Å². The van der Waals surface area contributed by atoms with Crippen LogP contribution in [0.3, 0.4) is 0 Å². The van der Waals surface area contributed by atoms with Crippen molar-refractivity contribution in [3.05, 3.63) is 22.2 Å². The van der Waals surface area contributed by atoms with Gasteiger partial charge < -0.3 is 19.5 Å². The summed E-state index contributed by atoms with van der Waals surface area (Å²) in [6.45, 7) is -0.621. The maximum absolute atomic E-state index is 12.5. The number of rotatable bonds is 6. The zero-order valence-electron chi connectivity index (χ0n) is 11.6. The number of hydrogen-bond acceptors (Lipinski definition) is 4. The summed E-state index contributed by atoms with van der Waals surface area (Å²) in [5.41, 5.74) is 0.167. The van der Waals surface area contributed by atoms with Gasteiger partial charge in [-0.2, -0.15) is 0 Å². The van der Waals surface area contributed by atoms with Crippen molar-refractivity contribution in [2.45, 2.75) is 0 Å². The van der Waals surface area contributed by atoms with Gasteiger partial charge >= 0.3 is 5.97 Å². The number of ether oxygens (including phenoxy) is 2. The average molecular weight is 356 g/mol. The minimum atomic E-state index is -1.15. The molecule has 0 aromatic heterocycles. The Morgan fingerprint density at radius 1 is 1.38 bits per heavy atom. The lowest BCUT2D eigenvalue weighted by atomic mass is 10.1. The molecule has 0 atom stereocenters. The summed E-state index contributed by atoms with van der Waals surface area (Å²) < 4.78 is 10.8. The lowest BCUT2D eigenvalue weighted by Crippen LogP contribution is -2.36. The van der Waals surface area contributed by atoms with Crippen LogP contribution in [0.2, 0.25) is 0 Å². The second-order valence-corrected chi connectivity index (χ2v) is 4.80. The first-order chi connectivity index (χ1) is 9.94. The van der Waals surface area contributed by atoms with Crippen LogP contribution in [0, 0.1) is 12.3 Å². The van der Waals surface area contributed by atoms with Gasteiger partial charge in [-0.3, -0.25) is 9.59 Å². The molecule has 21 heavy (non-hydrogen) atoms. The Morgan fingerprint density at radius 3 is 2.52 bits per heavy atom. The summed E-state index contributed by atoms with van der Waals surface area (Å²) in [4.78, 5) is 24.4. The highest BCUT2D eigenvalue weighted by atomic mass is 79.9. The van der Waals surface area contributed by atoms with Crippen molar-refractivity contribution < 1.29 is 24.2 Å². The van der Waals surface area contributed by atoms with Crippen LogP contribution in [-0.4, -0.2) is 49.2 Å². The van der Waals surface area contributed by atoms with Crippen molar-refractivity contribution in [3.8, 4) is 23.8 Å². The molecule has 6 nitrogen and oxygen atoms in total. The summed E-state index contributed by atoms with van der Waals surface area (Å²) in [7, 11) is 2.87. The molecule has 0 aliphatic rings. The first kappa shape index (κ1) is 16.9. The van der Waals surface area contributed by atoms with Crippen molar-refractivity contribution in [1.82, 2.24) is 4.90 Å². The fourth-order valence-electron chi connectivity index (χ4n) is 1.70. The van der Waals surface area contributed by atoms with E-state index in [4.69, 9.17) is 21.0 Å². The van der Waals surface area contributed by atoms with E-state index in [9.17, 15) is 9.59 Å². The molecule has 7 heteroatoms. The number of methoxy groups -OCH3 is 2. The Labute approximate surface area is 130 Å². The minimum absolute atomic E-state index is 0.122. The van der Waals surface area contributed by atoms with Crippen LogP contribution >= 0.6 is 15.9 Å². The van der Waals surface area contributed by atoms with E-state index in [0.29, 0.717) is 10.2 Å². The summed E-state index contributed by atoms with van der Waals surface area (Å²) in [6.07, 6.45) is 5.18. The Kier molecular flexibility index (Phi) is 6.06. The highest BCUT2D eigenvalue weighted by Crippen LogP contribution is 2.34. The fourth-order valence-corrected chi connectivity index (χ4v) is 2.30. The number of carboxylic acid groups (broad SMARTS) is 1. The standard InChI is InChI=1S/C14H14BrNO5/c1-4-5-16(8-12(17)18)14(19)10-6-9(20-2)7-11(15)13(10)21-3/h1,6-7H,5,8H2,2-3H3,(H,17,18). The maximum atomic E-state index is 12.5. The number of aliphatic carboxylic acids is 1. The molecule has 0 saturated heterocycles. The van der Waals surface area contributed by atoms with Crippen LogP contribution in [0.15, 0.2) is 16.6 Å². The Balaban J connectivity index is 3.28. The van der Waals surface area contributed by atoms with Gasteiger partial charge in [0.2, 0.25) is 0 Å². The quantitative estimate of drug-likeness (QED) is 0.784. The normalized spacial score (nSPS) is 9.62. The van der Waals surface area contributed by atoms with Gasteiger partial charge in [-0.15, -0.1) is 6.42 Å². The highest BCUT2D eigenvalue weighted by molar-refractivity contribution is 9.10. The third kappa shape index (κ3) is 4.13. The topological polar surface area (TPSA) is 76.1 Å². The molecule has 1 aromatic carbocycles. The number of hydrogen-bond donors (Lipinski definition) is 1. The second-order valence-electron chi connectivity index (χ2n) is 3.95. The molecule has 0 aliphatic heterocycles. The zero-order chi connectivity index (χ0) is 16.0. The molecule has 0 fully saturated rings. The number of halogens is 1. The SMILES string of the molecule is C#CCN(CC(=O)O)C(=O)c1cc(OC)cc(Br)c1OC. The van der Waals surface area contributed by atoms with Crippen LogP contribution in [0.4, 0.5) is 0 Å². The van der Waals surface area contributed by atoms with Gasteiger partial charge in [0, 0.05) is 0 Å². The third-order valence-electron chi connectivity index (χ3n) is 2.58. The Morgan fingerprint density at radius 2 is 2.05 bits per heavy atom. The van der Waals surface area contributed by atoms with Crippen molar-refractivity contribution in [3.63, 3.8) is 0 Å². The molecule has 112 valence electrons. The number of carbonyl (C=O) groups is 2. The maximum Gasteiger partial charge on any atom is 0.323 e. The fraction of sp³-hybridized carbons (Fsp3) is 0.286. The van der Waals surface area contributed by atoms with Gasteiger partial charge in [-0.25, -0.2) is 0 Å². The Bertz CT molecular complexity index is 594. The van der Waals surface area contributed by atoms with Gasteiger partial charge in [0.25, 0.3) is 5.91 Å². The summed E-state index contributed by atoms with van der Waals surface area (Å²) in [5.74, 6) is 1.28. The second kappa shape index (κ2) is 7.55. The van der Waals surface area contributed by atoms with Crippen LogP contribution in [0.25, 0.3) is 0 Å². The molecule has 0 unspecified atom stereocenters. The van der Waals surface area contributed by atoms with E-state index in [1.165, 1.54) is 20.3 Å². The molecule has 0 spiro atoms. The first-order valence-electron chi connectivity index (χ1n) is 5.80. The summed E-state index contributed by atoms with van der Waals surface area (Å²) in [6, 6.07) is 3.11. The lowest BCUT2D eigenvalue weighted by Gasteiger charge is -2.20. The average Bonchev–Trinajstić information content (AvgIpc) is 2.44. The molecule has 0 saturated carbocycles. The number of terminal acetylenes is 1. The molecule has 1 N–H and O–H groups in total. The number of carboxylic acids is 1. The van der Waals surface area contributed by atoms with E-state index in [1.807, 2.05) is 0 Å². The molecular formula is C14H14BrNO5. The lowest BCUT2D eigenvalue weighted by molar-refractivity contribution is -0.137. The largest absolute Gasteiger partial charge is 0.497 e. The van der Waals surface area contributed by atoms with Gasteiger partial charge in [0.05, 0.1) is 30.8 Å². The van der Waals surface area contributed by atoms with Crippen LogP contribution in [0.1, 0.15) is 10.4 Å². The number of nitrogens with zero attached hydrogens (tertiary/aromatic N) is 1. The van der Waals surface area contributed by atoms with E-state index in [-0.39, 0.29) is 17.9 Å². The summed E-state index contributed by atoms with van der Waals surface area (Å²) >= 11 is 3.27. The predicted octanol–water partition coefficient (Wildman–Crippen LogP) is 1.63. The molecule has 1 amide bonds. The van der Waals surface area contributed by atoms with E-state index in [2.05, 4.69) is 21.9 Å². The van der Waals surface area contributed by atoms with Crippen molar-refractivity contribution in [1.29, 1.82) is 0 Å². The minimum Gasteiger partial charge on any atom is -0.497 e. The molecule has 1 rings (SSSR count). The number of amides is 1. The highest BCUT2D eigenvalue weighted by Gasteiger charge is 2.23. The van der Waals surface area contributed by atoms with E-state index in [0.717, 1.165) is 4.90 Å². The third-order valence-corrected chi connectivity index (χ3v) is 3.17. The zero-order valence-corrected chi connectivity index (χ0v) is 13.1. The number of carbonyl (C=O) groups excluding carboxylic acids is 1. The smallest absolute Gasteiger partial charge is 0.323 e. The Hall–Kier alpha value is -2.20. The van der Waals surface area contributed by atoms with E-state index >= 15 is 0 Å². The molecule has 0 heterocycles. The number of benzene rings is 1. The van der Waals surface area contributed by atoms with E-state index in [1.54, 1.807) is 6.07 Å². The molecular weight excluding hydrogens is 342 g/mol. The monoisotopic (exact) mass is 355 g/mol. The molecule has 0 bridgehead atoms. The van der Waals surface area contributed by atoms with Gasteiger partial charge in [0.15, 0.2) is 0 Å².